The average molecular weight is 302 g/mol. The van der Waals surface area contributed by atoms with E-state index in [1.165, 1.54) is 6.08 Å². The van der Waals surface area contributed by atoms with Crippen molar-refractivity contribution >= 4 is 16.1 Å². The number of ether oxygens (including phenoxy) is 1. The lowest BCUT2D eigenvalue weighted by molar-refractivity contribution is -0.148. The maximum absolute atomic E-state index is 12.2. The lowest BCUT2D eigenvalue weighted by Gasteiger charge is -2.27. The Morgan fingerprint density at radius 1 is 1.42 bits per heavy atom. The van der Waals surface area contributed by atoms with Crippen LogP contribution >= 0.6 is 0 Å². The second-order valence-electron chi connectivity index (χ2n) is 4.14. The Kier molecular flexibility index (Phi) is 4.62. The van der Waals surface area contributed by atoms with Gasteiger partial charge in [0, 0.05) is 0 Å². The molecule has 0 spiro atoms. The van der Waals surface area contributed by atoms with Gasteiger partial charge in [0.2, 0.25) is 0 Å². The summed E-state index contributed by atoms with van der Waals surface area (Å²) in [5.41, 5.74) is -4.87. The summed E-state index contributed by atoms with van der Waals surface area (Å²) < 4.78 is 67.2. The van der Waals surface area contributed by atoms with E-state index in [0.29, 0.717) is 12.0 Å². The standard InChI is InChI=1S/C10H13F3O5S/c1-6-3-4-7(9(14)17-2)8(5-6)18-19(15,16)10(11,12)13/h5,7-8H,3-4H2,1-2H3. The van der Waals surface area contributed by atoms with Crippen molar-refractivity contribution in [2.45, 2.75) is 31.4 Å². The number of halogens is 3. The minimum atomic E-state index is -5.75. The summed E-state index contributed by atoms with van der Waals surface area (Å²) in [5.74, 6) is -1.86. The van der Waals surface area contributed by atoms with Crippen molar-refractivity contribution in [3.05, 3.63) is 11.6 Å². The van der Waals surface area contributed by atoms with Crippen LogP contribution in [0.1, 0.15) is 19.8 Å². The van der Waals surface area contributed by atoms with Crippen LogP contribution in [0.2, 0.25) is 0 Å². The van der Waals surface area contributed by atoms with Gasteiger partial charge >= 0.3 is 21.6 Å². The van der Waals surface area contributed by atoms with Crippen molar-refractivity contribution in [3.8, 4) is 0 Å². The molecule has 1 rings (SSSR count). The highest BCUT2D eigenvalue weighted by atomic mass is 32.2. The van der Waals surface area contributed by atoms with Gasteiger partial charge in [0.25, 0.3) is 0 Å². The van der Waals surface area contributed by atoms with Gasteiger partial charge in [-0.15, -0.1) is 0 Å². The summed E-state index contributed by atoms with van der Waals surface area (Å²) in [6, 6.07) is 0. The molecule has 2 unspecified atom stereocenters. The zero-order valence-electron chi connectivity index (χ0n) is 10.2. The Balaban J connectivity index is 3.00. The fourth-order valence-electron chi connectivity index (χ4n) is 1.73. The molecule has 0 radical (unpaired) electrons. The molecule has 0 aliphatic heterocycles. The van der Waals surface area contributed by atoms with Gasteiger partial charge in [-0.3, -0.25) is 8.98 Å². The molecular formula is C10H13F3O5S. The van der Waals surface area contributed by atoms with E-state index in [9.17, 15) is 26.4 Å². The fraction of sp³-hybridized carbons (Fsp3) is 0.700. The largest absolute Gasteiger partial charge is 0.523 e. The summed E-state index contributed by atoms with van der Waals surface area (Å²) >= 11 is 0. The highest BCUT2D eigenvalue weighted by molar-refractivity contribution is 7.87. The Morgan fingerprint density at radius 3 is 2.47 bits per heavy atom. The average Bonchev–Trinajstić information content (AvgIpc) is 2.26. The normalized spacial score (nSPS) is 24.8. The molecule has 0 saturated heterocycles. The molecule has 0 N–H and O–H groups in total. The maximum atomic E-state index is 12.2. The van der Waals surface area contributed by atoms with Crippen molar-refractivity contribution in [2.75, 3.05) is 7.11 Å². The molecule has 0 fully saturated rings. The van der Waals surface area contributed by atoms with Crippen molar-refractivity contribution < 1.29 is 35.3 Å². The molecule has 1 aliphatic carbocycles. The van der Waals surface area contributed by atoms with E-state index in [0.717, 1.165) is 7.11 Å². The quantitative estimate of drug-likeness (QED) is 0.344. The third kappa shape index (κ3) is 3.69. The molecule has 1 aliphatic rings. The summed E-state index contributed by atoms with van der Waals surface area (Å²) in [6.45, 7) is 1.62. The topological polar surface area (TPSA) is 69.7 Å². The number of allylic oxidation sites excluding steroid dienone is 1. The fourth-order valence-corrected chi connectivity index (χ4v) is 2.32. The van der Waals surface area contributed by atoms with Crippen molar-refractivity contribution in [1.82, 2.24) is 0 Å². The lowest BCUT2D eigenvalue weighted by Crippen LogP contribution is -2.38. The van der Waals surface area contributed by atoms with Crippen LogP contribution in [-0.4, -0.2) is 33.1 Å². The van der Waals surface area contributed by atoms with Gasteiger partial charge in [-0.1, -0.05) is 11.6 Å². The van der Waals surface area contributed by atoms with Crippen molar-refractivity contribution in [3.63, 3.8) is 0 Å². The van der Waals surface area contributed by atoms with Gasteiger partial charge in [0.15, 0.2) is 0 Å². The number of carbonyl (C=O) groups is 1. The second-order valence-corrected chi connectivity index (χ2v) is 5.71. The van der Waals surface area contributed by atoms with Gasteiger partial charge in [-0.2, -0.15) is 21.6 Å². The van der Waals surface area contributed by atoms with Crippen LogP contribution in [-0.2, 0) is 23.8 Å². The van der Waals surface area contributed by atoms with Gasteiger partial charge in [0.05, 0.1) is 13.0 Å². The predicted molar refractivity (Wildman–Crippen MR) is 58.3 cm³/mol. The molecule has 0 amide bonds. The Bertz CT molecular complexity index is 480. The summed E-state index contributed by atoms with van der Waals surface area (Å²) in [6.07, 6.45) is 0.348. The first-order valence-electron chi connectivity index (χ1n) is 5.33. The van der Waals surface area contributed by atoms with Crippen LogP contribution < -0.4 is 0 Å². The van der Waals surface area contributed by atoms with Crippen LogP contribution in [0.25, 0.3) is 0 Å². The molecule has 110 valence electrons. The molecule has 19 heavy (non-hydrogen) atoms. The summed E-state index contributed by atoms with van der Waals surface area (Å²) in [7, 11) is -4.68. The highest BCUT2D eigenvalue weighted by Crippen LogP contribution is 2.32. The first-order chi connectivity index (χ1) is 8.58. The highest BCUT2D eigenvalue weighted by Gasteiger charge is 2.50. The van der Waals surface area contributed by atoms with Gasteiger partial charge < -0.3 is 4.74 Å². The molecule has 0 heterocycles. The smallest absolute Gasteiger partial charge is 0.469 e. The summed E-state index contributed by atoms with van der Waals surface area (Å²) in [5, 5.41) is 0. The van der Waals surface area contributed by atoms with Crippen LogP contribution in [0.4, 0.5) is 13.2 Å². The zero-order chi connectivity index (χ0) is 14.8. The molecule has 5 nitrogen and oxygen atoms in total. The summed E-state index contributed by atoms with van der Waals surface area (Å²) in [4.78, 5) is 11.4. The minimum absolute atomic E-state index is 0.174. The van der Waals surface area contributed by atoms with E-state index >= 15 is 0 Å². The first kappa shape index (κ1) is 16.0. The predicted octanol–water partition coefficient (Wildman–Crippen LogP) is 1.75. The molecule has 0 aromatic heterocycles. The van der Waals surface area contributed by atoms with Crippen molar-refractivity contribution in [1.29, 1.82) is 0 Å². The van der Waals surface area contributed by atoms with E-state index in [1.807, 2.05) is 0 Å². The molecular weight excluding hydrogens is 289 g/mol. The van der Waals surface area contributed by atoms with E-state index in [-0.39, 0.29) is 6.42 Å². The third-order valence-corrected chi connectivity index (χ3v) is 3.76. The van der Waals surface area contributed by atoms with E-state index in [1.54, 1.807) is 6.92 Å². The monoisotopic (exact) mass is 302 g/mol. The number of hydrogen-bond acceptors (Lipinski definition) is 5. The van der Waals surface area contributed by atoms with Crippen LogP contribution in [0.3, 0.4) is 0 Å². The Labute approximate surface area is 108 Å². The molecule has 0 aromatic carbocycles. The number of rotatable bonds is 3. The SMILES string of the molecule is COC(=O)C1CCC(C)=CC1OS(=O)(=O)C(F)(F)F. The lowest BCUT2D eigenvalue weighted by atomic mass is 9.88. The van der Waals surface area contributed by atoms with E-state index in [2.05, 4.69) is 8.92 Å². The Hall–Kier alpha value is -1.09. The number of alkyl halides is 3. The van der Waals surface area contributed by atoms with Gasteiger partial charge in [-0.25, -0.2) is 0 Å². The van der Waals surface area contributed by atoms with Crippen LogP contribution in [0, 0.1) is 5.92 Å². The van der Waals surface area contributed by atoms with Gasteiger partial charge in [-0.05, 0) is 19.8 Å². The number of methoxy groups -OCH3 is 1. The van der Waals surface area contributed by atoms with Gasteiger partial charge in [0.1, 0.15) is 6.10 Å². The molecule has 9 heteroatoms. The maximum Gasteiger partial charge on any atom is 0.523 e. The number of hydrogen-bond donors (Lipinski definition) is 0. The molecule has 2 atom stereocenters. The van der Waals surface area contributed by atoms with E-state index < -0.39 is 33.6 Å². The minimum Gasteiger partial charge on any atom is -0.469 e. The number of carbonyl (C=O) groups excluding carboxylic acids is 1. The molecule has 0 aromatic rings. The van der Waals surface area contributed by atoms with Crippen LogP contribution in [0.5, 0.6) is 0 Å². The Morgan fingerprint density at radius 2 is 2.00 bits per heavy atom. The van der Waals surface area contributed by atoms with Crippen molar-refractivity contribution in [2.24, 2.45) is 5.92 Å². The number of esters is 1. The molecule has 0 bridgehead atoms. The molecule has 0 saturated carbocycles. The van der Waals surface area contributed by atoms with E-state index in [4.69, 9.17) is 0 Å². The van der Waals surface area contributed by atoms with Crippen LogP contribution in [0.15, 0.2) is 11.6 Å². The first-order valence-corrected chi connectivity index (χ1v) is 6.74. The second kappa shape index (κ2) is 5.49. The third-order valence-electron chi connectivity index (χ3n) is 2.72. The zero-order valence-corrected chi connectivity index (χ0v) is 11.0.